The summed E-state index contributed by atoms with van der Waals surface area (Å²) in [5.74, 6) is -0.0130. The molecule has 0 atom stereocenters. The van der Waals surface area contributed by atoms with Gasteiger partial charge in [-0.05, 0) is 36.8 Å². The molecule has 1 heterocycles. The molecule has 31 heavy (non-hydrogen) atoms. The van der Waals surface area contributed by atoms with Crippen LogP contribution in [0.25, 0.3) is 0 Å². The van der Waals surface area contributed by atoms with E-state index in [1.54, 1.807) is 6.92 Å². The van der Waals surface area contributed by atoms with Crippen molar-refractivity contribution in [2.45, 2.75) is 36.9 Å². The van der Waals surface area contributed by atoms with Gasteiger partial charge in [0.1, 0.15) is 11.5 Å². The van der Waals surface area contributed by atoms with Gasteiger partial charge in [0.15, 0.2) is 0 Å². The van der Waals surface area contributed by atoms with E-state index in [2.05, 4.69) is 4.72 Å². The van der Waals surface area contributed by atoms with Crippen molar-refractivity contribution in [3.63, 3.8) is 0 Å². The Hall–Kier alpha value is -2.43. The summed E-state index contributed by atoms with van der Waals surface area (Å²) in [5.41, 5.74) is -0.244. The van der Waals surface area contributed by atoms with Gasteiger partial charge in [0.2, 0.25) is 10.0 Å². The van der Waals surface area contributed by atoms with Crippen LogP contribution in [-0.2, 0) is 38.6 Å². The van der Waals surface area contributed by atoms with Gasteiger partial charge >= 0.3 is 6.18 Å². The van der Waals surface area contributed by atoms with Gasteiger partial charge < -0.3 is 9.47 Å². The number of Topliss-reactive ketones (excluding diaryl/α,β-unsaturated/α-hetero) is 1. The minimum absolute atomic E-state index is 0.0234. The number of ketones is 1. The monoisotopic (exact) mass is 457 g/mol. The van der Waals surface area contributed by atoms with Gasteiger partial charge in [-0.25, -0.2) is 13.1 Å². The molecular formula is C21H22F3NO5S. The predicted molar refractivity (Wildman–Crippen MR) is 106 cm³/mol. The maximum Gasteiger partial charge on any atom is 0.416 e. The van der Waals surface area contributed by atoms with Crippen LogP contribution in [0, 0.1) is 0 Å². The highest BCUT2D eigenvalue weighted by atomic mass is 32.2. The predicted octanol–water partition coefficient (Wildman–Crippen LogP) is 3.14. The summed E-state index contributed by atoms with van der Waals surface area (Å²) in [4.78, 5) is 12.6. The lowest BCUT2D eigenvalue weighted by atomic mass is 10.0. The van der Waals surface area contributed by atoms with Crippen LogP contribution >= 0.6 is 0 Å². The van der Waals surface area contributed by atoms with Gasteiger partial charge in [0.05, 0.1) is 36.3 Å². The molecule has 0 saturated carbocycles. The van der Waals surface area contributed by atoms with E-state index >= 15 is 0 Å². The van der Waals surface area contributed by atoms with Crippen LogP contribution in [0.5, 0.6) is 5.75 Å². The Kier molecular flexibility index (Phi) is 7.03. The maximum atomic E-state index is 12.9. The highest BCUT2D eigenvalue weighted by molar-refractivity contribution is 7.89. The zero-order valence-corrected chi connectivity index (χ0v) is 17.6. The SMILES string of the molecule is CCOc1ccc(S(=O)(=O)NC2COC2)cc1CC(=O)Cc1cccc(C(F)(F)F)c1. The lowest BCUT2D eigenvalue weighted by Crippen LogP contribution is -2.48. The molecule has 1 aliphatic rings. The number of halogens is 3. The lowest BCUT2D eigenvalue weighted by Gasteiger charge is -2.26. The van der Waals surface area contributed by atoms with E-state index in [9.17, 15) is 26.4 Å². The van der Waals surface area contributed by atoms with E-state index in [1.165, 1.54) is 30.3 Å². The largest absolute Gasteiger partial charge is 0.494 e. The van der Waals surface area contributed by atoms with E-state index in [4.69, 9.17) is 9.47 Å². The number of carbonyl (C=O) groups excluding carboxylic acids is 1. The molecule has 1 aliphatic heterocycles. The van der Waals surface area contributed by atoms with E-state index in [0.29, 0.717) is 31.1 Å². The van der Waals surface area contributed by atoms with Crippen LogP contribution in [0.15, 0.2) is 47.4 Å². The summed E-state index contributed by atoms with van der Waals surface area (Å²) in [5, 5.41) is 0. The molecule has 0 aromatic heterocycles. The number of hydrogen-bond acceptors (Lipinski definition) is 5. The van der Waals surface area contributed by atoms with Crippen molar-refractivity contribution >= 4 is 15.8 Å². The highest BCUT2D eigenvalue weighted by Crippen LogP contribution is 2.30. The molecule has 2 aromatic rings. The van der Waals surface area contributed by atoms with Crippen LogP contribution in [0.2, 0.25) is 0 Å². The molecule has 3 rings (SSSR count). The van der Waals surface area contributed by atoms with Gasteiger partial charge in [0, 0.05) is 18.4 Å². The van der Waals surface area contributed by atoms with Crippen LogP contribution in [0.1, 0.15) is 23.6 Å². The van der Waals surface area contributed by atoms with Gasteiger partial charge in [-0.1, -0.05) is 18.2 Å². The molecule has 6 nitrogen and oxygen atoms in total. The fourth-order valence-electron chi connectivity index (χ4n) is 3.11. The Morgan fingerprint density at radius 3 is 2.52 bits per heavy atom. The average molecular weight is 457 g/mol. The quantitative estimate of drug-likeness (QED) is 0.626. The zero-order valence-electron chi connectivity index (χ0n) is 16.7. The van der Waals surface area contributed by atoms with Crippen molar-refractivity contribution < 1.29 is 35.9 Å². The summed E-state index contributed by atoms with van der Waals surface area (Å²) in [6.07, 6.45) is -4.89. The van der Waals surface area contributed by atoms with E-state index in [1.807, 2.05) is 0 Å². The number of ether oxygens (including phenoxy) is 2. The molecule has 1 saturated heterocycles. The summed E-state index contributed by atoms with van der Waals surface area (Å²) in [7, 11) is -3.81. The molecule has 0 bridgehead atoms. The lowest BCUT2D eigenvalue weighted by molar-refractivity contribution is -0.137. The van der Waals surface area contributed by atoms with Gasteiger partial charge in [-0.15, -0.1) is 0 Å². The number of sulfonamides is 1. The molecule has 0 aliphatic carbocycles. The number of nitrogens with one attached hydrogen (secondary N) is 1. The summed E-state index contributed by atoms with van der Waals surface area (Å²) in [6.45, 7) is 2.63. The average Bonchev–Trinajstić information content (AvgIpc) is 2.66. The smallest absolute Gasteiger partial charge is 0.416 e. The fraction of sp³-hybridized carbons (Fsp3) is 0.381. The zero-order chi connectivity index (χ0) is 22.6. The van der Waals surface area contributed by atoms with Crippen molar-refractivity contribution in [3.8, 4) is 5.75 Å². The van der Waals surface area contributed by atoms with Crippen molar-refractivity contribution in [2.75, 3.05) is 19.8 Å². The molecule has 0 radical (unpaired) electrons. The Morgan fingerprint density at radius 1 is 1.16 bits per heavy atom. The van der Waals surface area contributed by atoms with Gasteiger partial charge in [-0.3, -0.25) is 4.79 Å². The second-order valence-corrected chi connectivity index (χ2v) is 8.86. The number of benzene rings is 2. The Bertz CT molecular complexity index is 1050. The van der Waals surface area contributed by atoms with E-state index < -0.39 is 21.8 Å². The highest BCUT2D eigenvalue weighted by Gasteiger charge is 2.30. The van der Waals surface area contributed by atoms with Crippen molar-refractivity contribution in [3.05, 3.63) is 59.2 Å². The summed E-state index contributed by atoms with van der Waals surface area (Å²) >= 11 is 0. The minimum Gasteiger partial charge on any atom is -0.494 e. The third kappa shape index (κ3) is 6.05. The summed E-state index contributed by atoms with van der Waals surface area (Å²) < 4.78 is 76.8. The molecule has 1 fully saturated rings. The number of carbonyl (C=O) groups is 1. The first-order chi connectivity index (χ1) is 14.6. The topological polar surface area (TPSA) is 81.7 Å². The molecule has 0 amide bonds. The first-order valence-electron chi connectivity index (χ1n) is 9.62. The normalized spacial score (nSPS) is 14.8. The molecule has 0 unspecified atom stereocenters. The summed E-state index contributed by atoms with van der Waals surface area (Å²) in [6, 6.07) is 8.49. The molecule has 0 spiro atoms. The Morgan fingerprint density at radius 2 is 1.90 bits per heavy atom. The minimum atomic E-state index is -4.50. The fourth-order valence-corrected chi connectivity index (χ4v) is 4.36. The number of alkyl halides is 3. The molecule has 1 N–H and O–H groups in total. The van der Waals surface area contributed by atoms with Crippen LogP contribution in [0.4, 0.5) is 13.2 Å². The number of hydrogen-bond donors (Lipinski definition) is 1. The third-order valence-electron chi connectivity index (χ3n) is 4.65. The van der Waals surface area contributed by atoms with Crippen molar-refractivity contribution in [1.29, 1.82) is 0 Å². The van der Waals surface area contributed by atoms with Crippen LogP contribution in [0.3, 0.4) is 0 Å². The molecule has 2 aromatic carbocycles. The van der Waals surface area contributed by atoms with Gasteiger partial charge in [0.25, 0.3) is 0 Å². The van der Waals surface area contributed by atoms with Crippen molar-refractivity contribution in [2.24, 2.45) is 0 Å². The molecule has 168 valence electrons. The maximum absolute atomic E-state index is 12.9. The molecular weight excluding hydrogens is 435 g/mol. The Labute approximate surface area is 178 Å². The van der Waals surface area contributed by atoms with E-state index in [-0.39, 0.29) is 35.1 Å². The number of rotatable bonds is 9. The van der Waals surface area contributed by atoms with Crippen LogP contribution in [-0.4, -0.2) is 40.1 Å². The third-order valence-corrected chi connectivity index (χ3v) is 6.16. The van der Waals surface area contributed by atoms with Gasteiger partial charge in [-0.2, -0.15) is 13.2 Å². The Balaban J connectivity index is 1.79. The molecule has 10 heteroatoms. The first-order valence-corrected chi connectivity index (χ1v) is 11.1. The first kappa shape index (κ1) is 23.2. The second-order valence-electron chi connectivity index (χ2n) is 7.15. The van der Waals surface area contributed by atoms with Crippen molar-refractivity contribution in [1.82, 2.24) is 4.72 Å². The van der Waals surface area contributed by atoms with Crippen LogP contribution < -0.4 is 9.46 Å². The standard InChI is InChI=1S/C21H22F3NO5S/c1-2-30-20-7-6-19(31(27,28)25-17-12-29-13-17)11-15(20)10-18(26)9-14-4-3-5-16(8-14)21(22,23)24/h3-8,11,17,25H,2,9-10,12-13H2,1H3. The second kappa shape index (κ2) is 9.37. The van der Waals surface area contributed by atoms with E-state index in [0.717, 1.165) is 12.1 Å².